The largest absolute Gasteiger partial charge is 0.486 e. The van der Waals surface area contributed by atoms with Gasteiger partial charge in [0.1, 0.15) is 10.8 Å². The van der Waals surface area contributed by atoms with E-state index in [9.17, 15) is 18.0 Å². The minimum absolute atomic E-state index is 0.113. The fourth-order valence-corrected chi connectivity index (χ4v) is 2.08. The molecule has 9 heteroatoms. The van der Waals surface area contributed by atoms with E-state index in [1.54, 1.807) is 12.2 Å². The summed E-state index contributed by atoms with van der Waals surface area (Å²) in [5, 5.41) is -0.847. The zero-order valence-corrected chi connectivity index (χ0v) is 13.9. The predicted octanol–water partition coefficient (Wildman–Crippen LogP) is 4.86. The fourth-order valence-electron chi connectivity index (χ4n) is 1.84. The number of rotatable bonds is 5. The van der Waals surface area contributed by atoms with E-state index in [0.29, 0.717) is 30.6 Å². The van der Waals surface area contributed by atoms with Gasteiger partial charge in [0.05, 0.1) is 11.3 Å². The summed E-state index contributed by atoms with van der Waals surface area (Å²) >= 11 is 11.1. The Morgan fingerprint density at radius 1 is 1.29 bits per heavy atom. The van der Waals surface area contributed by atoms with Gasteiger partial charge in [0.2, 0.25) is 5.88 Å². The summed E-state index contributed by atoms with van der Waals surface area (Å²) < 4.78 is 48.4. The number of nitrogens with zero attached hydrogens (tertiary/aromatic N) is 1. The van der Waals surface area contributed by atoms with Crippen LogP contribution in [0.25, 0.3) is 0 Å². The SMILES string of the molecule is CC(OC1=CC=C(Oc2ncc(C(F)(F)F)cc2Cl)CC1)C(=O)Cl. The van der Waals surface area contributed by atoms with Gasteiger partial charge in [-0.25, -0.2) is 4.98 Å². The van der Waals surface area contributed by atoms with Gasteiger partial charge in [0.15, 0.2) is 6.10 Å². The van der Waals surface area contributed by atoms with Crippen molar-refractivity contribution in [1.82, 2.24) is 4.98 Å². The Morgan fingerprint density at radius 3 is 2.42 bits per heavy atom. The molecule has 2 rings (SSSR count). The van der Waals surface area contributed by atoms with Crippen LogP contribution >= 0.6 is 23.2 Å². The van der Waals surface area contributed by atoms with Crippen LogP contribution in [0.2, 0.25) is 5.02 Å². The third-order valence-electron chi connectivity index (χ3n) is 3.08. The first-order chi connectivity index (χ1) is 11.2. The molecule has 130 valence electrons. The number of carbonyl (C=O) groups excluding carboxylic acids is 1. The van der Waals surface area contributed by atoms with Crippen molar-refractivity contribution < 1.29 is 27.4 Å². The summed E-state index contributed by atoms with van der Waals surface area (Å²) in [6.07, 6.45) is -0.618. The van der Waals surface area contributed by atoms with E-state index in [1.807, 2.05) is 0 Å². The van der Waals surface area contributed by atoms with Crippen molar-refractivity contribution in [2.75, 3.05) is 0 Å². The highest BCUT2D eigenvalue weighted by molar-refractivity contribution is 6.64. The second-order valence-corrected chi connectivity index (χ2v) is 5.72. The smallest absolute Gasteiger partial charge is 0.417 e. The van der Waals surface area contributed by atoms with Gasteiger partial charge in [-0.3, -0.25) is 4.79 Å². The van der Waals surface area contributed by atoms with Crippen molar-refractivity contribution in [2.24, 2.45) is 0 Å². The highest BCUT2D eigenvalue weighted by Crippen LogP contribution is 2.34. The molecular weight excluding hydrogens is 370 g/mol. The molecule has 0 bridgehead atoms. The van der Waals surface area contributed by atoms with Crippen molar-refractivity contribution in [2.45, 2.75) is 32.0 Å². The van der Waals surface area contributed by atoms with Crippen molar-refractivity contribution in [1.29, 1.82) is 0 Å². The molecule has 4 nitrogen and oxygen atoms in total. The van der Waals surface area contributed by atoms with Gasteiger partial charge in [-0.05, 0) is 36.7 Å². The number of carbonyl (C=O) groups is 1. The maximum atomic E-state index is 12.6. The van der Waals surface area contributed by atoms with Crippen molar-refractivity contribution in [3.8, 4) is 5.88 Å². The lowest BCUT2D eigenvalue weighted by molar-refractivity contribution is -0.137. The van der Waals surface area contributed by atoms with Gasteiger partial charge in [0.25, 0.3) is 5.24 Å². The highest BCUT2D eigenvalue weighted by atomic mass is 35.5. The molecule has 1 aliphatic rings. The van der Waals surface area contributed by atoms with Crippen LogP contribution in [-0.4, -0.2) is 16.3 Å². The van der Waals surface area contributed by atoms with E-state index in [1.165, 1.54) is 6.92 Å². The molecular formula is C15H12Cl2F3NO3. The number of allylic oxidation sites excluding steroid dienone is 4. The fraction of sp³-hybridized carbons (Fsp3) is 0.333. The van der Waals surface area contributed by atoms with Crippen LogP contribution in [0.15, 0.2) is 35.9 Å². The lowest BCUT2D eigenvalue weighted by Gasteiger charge is -2.18. The number of hydrogen-bond acceptors (Lipinski definition) is 4. The lowest BCUT2D eigenvalue weighted by atomic mass is 10.1. The minimum atomic E-state index is -4.52. The van der Waals surface area contributed by atoms with E-state index in [0.717, 1.165) is 6.07 Å². The van der Waals surface area contributed by atoms with E-state index < -0.39 is 23.1 Å². The Bertz CT molecular complexity index is 702. The van der Waals surface area contributed by atoms with E-state index in [-0.39, 0.29) is 10.9 Å². The molecule has 1 aromatic rings. The Labute approximate surface area is 145 Å². The molecule has 0 radical (unpaired) electrons. The van der Waals surface area contributed by atoms with Gasteiger partial charge in [-0.1, -0.05) is 11.6 Å². The van der Waals surface area contributed by atoms with Crippen LogP contribution in [-0.2, 0) is 15.7 Å². The first-order valence-electron chi connectivity index (χ1n) is 6.83. The summed E-state index contributed by atoms with van der Waals surface area (Å²) in [7, 11) is 0. The maximum absolute atomic E-state index is 12.6. The van der Waals surface area contributed by atoms with Gasteiger partial charge in [-0.15, -0.1) is 0 Å². The summed E-state index contributed by atoms with van der Waals surface area (Å²) in [5.74, 6) is 0.898. The second kappa shape index (κ2) is 7.44. The average Bonchev–Trinajstić information content (AvgIpc) is 2.50. The second-order valence-electron chi connectivity index (χ2n) is 4.94. The molecule has 0 aliphatic heterocycles. The topological polar surface area (TPSA) is 48.4 Å². The summed E-state index contributed by atoms with van der Waals surface area (Å²) in [6.45, 7) is 1.53. The normalized spacial score (nSPS) is 16.1. The summed E-state index contributed by atoms with van der Waals surface area (Å²) in [5.41, 5.74) is -0.951. The molecule has 0 saturated heterocycles. The molecule has 1 aliphatic carbocycles. The molecule has 1 atom stereocenters. The van der Waals surface area contributed by atoms with Gasteiger partial charge >= 0.3 is 6.18 Å². The Morgan fingerprint density at radius 2 is 1.92 bits per heavy atom. The molecule has 0 N–H and O–H groups in total. The number of alkyl halides is 3. The first kappa shape index (κ1) is 18.6. The Balaban J connectivity index is 2.06. The Hall–Kier alpha value is -1.73. The van der Waals surface area contributed by atoms with Crippen molar-refractivity contribution >= 4 is 28.4 Å². The minimum Gasteiger partial charge on any atom is -0.486 e. The lowest BCUT2D eigenvalue weighted by Crippen LogP contribution is -2.16. The molecule has 0 saturated carbocycles. The third kappa shape index (κ3) is 4.88. The van der Waals surface area contributed by atoms with Gasteiger partial charge < -0.3 is 9.47 Å². The average molecular weight is 382 g/mol. The van der Waals surface area contributed by atoms with Crippen LogP contribution in [0.5, 0.6) is 5.88 Å². The molecule has 1 aromatic heterocycles. The molecule has 0 spiro atoms. The number of aromatic nitrogens is 1. The number of pyridine rings is 1. The highest BCUT2D eigenvalue weighted by Gasteiger charge is 2.32. The van der Waals surface area contributed by atoms with Crippen LogP contribution in [0.1, 0.15) is 25.3 Å². The van der Waals surface area contributed by atoms with E-state index in [4.69, 9.17) is 32.7 Å². The zero-order chi connectivity index (χ0) is 17.9. The van der Waals surface area contributed by atoms with Gasteiger partial charge in [-0.2, -0.15) is 13.2 Å². The first-order valence-corrected chi connectivity index (χ1v) is 7.58. The van der Waals surface area contributed by atoms with Gasteiger partial charge in [0, 0.05) is 19.0 Å². The molecule has 1 heterocycles. The molecule has 1 unspecified atom stereocenters. The van der Waals surface area contributed by atoms with Crippen molar-refractivity contribution in [3.05, 3.63) is 46.5 Å². The molecule has 0 aromatic carbocycles. The zero-order valence-electron chi connectivity index (χ0n) is 12.4. The van der Waals surface area contributed by atoms with E-state index in [2.05, 4.69) is 4.98 Å². The van der Waals surface area contributed by atoms with Crippen LogP contribution in [0.4, 0.5) is 13.2 Å². The molecule has 0 fully saturated rings. The Kier molecular flexibility index (Phi) is 5.77. The quantitative estimate of drug-likeness (QED) is 0.683. The van der Waals surface area contributed by atoms with E-state index >= 15 is 0 Å². The van der Waals surface area contributed by atoms with Crippen LogP contribution < -0.4 is 4.74 Å². The van der Waals surface area contributed by atoms with Crippen LogP contribution in [0.3, 0.4) is 0 Å². The maximum Gasteiger partial charge on any atom is 0.417 e. The number of ether oxygens (including phenoxy) is 2. The number of halogens is 5. The summed E-state index contributed by atoms with van der Waals surface area (Å²) in [4.78, 5) is 14.5. The van der Waals surface area contributed by atoms with Crippen LogP contribution in [0, 0.1) is 0 Å². The number of hydrogen-bond donors (Lipinski definition) is 0. The summed E-state index contributed by atoms with van der Waals surface area (Å²) in [6, 6.07) is 0.755. The predicted molar refractivity (Wildman–Crippen MR) is 81.7 cm³/mol. The third-order valence-corrected chi connectivity index (χ3v) is 3.66. The molecule has 0 amide bonds. The molecule has 24 heavy (non-hydrogen) atoms. The monoisotopic (exact) mass is 381 g/mol. The van der Waals surface area contributed by atoms with Crippen molar-refractivity contribution in [3.63, 3.8) is 0 Å². The standard InChI is InChI=1S/C15H12Cl2F3NO3/c1-8(13(17)22)23-10-2-4-11(5-3-10)24-14-12(16)6-9(7-21-14)15(18,19)20/h2,4,6-8H,3,5H2,1H3.